The van der Waals surface area contributed by atoms with Crippen molar-refractivity contribution < 1.29 is 18.7 Å². The summed E-state index contributed by atoms with van der Waals surface area (Å²) in [6, 6.07) is 1.83. The van der Waals surface area contributed by atoms with Crippen LogP contribution in [0.5, 0.6) is 0 Å². The number of nitrogens with one attached hydrogen (secondary N) is 3. The van der Waals surface area contributed by atoms with Crippen molar-refractivity contribution in [2.24, 2.45) is 0 Å². The fraction of sp³-hybridized carbons (Fsp3) is 0.600. The maximum absolute atomic E-state index is 12.1. The molecule has 0 saturated heterocycles. The maximum atomic E-state index is 12.1. The molecule has 2 atom stereocenters. The summed E-state index contributed by atoms with van der Waals surface area (Å²) in [5.74, 6) is 1.46. The summed E-state index contributed by atoms with van der Waals surface area (Å²) >= 11 is 0. The Balaban J connectivity index is 1.48. The molecule has 2 heterocycles. The van der Waals surface area contributed by atoms with E-state index in [2.05, 4.69) is 25.8 Å². The summed E-state index contributed by atoms with van der Waals surface area (Å²) in [5.41, 5.74) is 0.641. The molecule has 2 amide bonds. The number of aryl methyl sites for hydroxylation is 1. The second-order valence-electron chi connectivity index (χ2n) is 8.20. The van der Waals surface area contributed by atoms with E-state index in [4.69, 9.17) is 9.15 Å². The number of anilines is 1. The van der Waals surface area contributed by atoms with Crippen LogP contribution in [0.15, 0.2) is 16.7 Å². The number of alkyl carbamates (subject to hydrolysis) is 1. The highest BCUT2D eigenvalue weighted by Gasteiger charge is 2.31. The lowest BCUT2D eigenvalue weighted by atomic mass is 10.0. The van der Waals surface area contributed by atoms with Crippen LogP contribution in [0.4, 0.5) is 10.6 Å². The minimum absolute atomic E-state index is 0.0542. The number of carbonyl (C=O) groups is 2. The number of hydrogen-bond donors (Lipinski definition) is 3. The minimum atomic E-state index is -0.373. The first-order valence-corrected chi connectivity index (χ1v) is 9.99. The Morgan fingerprint density at radius 2 is 2.17 bits per heavy atom. The van der Waals surface area contributed by atoms with Crippen molar-refractivity contribution in [1.29, 1.82) is 0 Å². The molecule has 0 radical (unpaired) electrons. The first-order chi connectivity index (χ1) is 13.7. The number of carbonyl (C=O) groups excluding carboxylic acids is 2. The van der Waals surface area contributed by atoms with Gasteiger partial charge in [-0.3, -0.25) is 9.89 Å². The van der Waals surface area contributed by atoms with E-state index in [-0.39, 0.29) is 36.0 Å². The number of amides is 2. The number of nitrogens with zero attached hydrogens (tertiary/aromatic N) is 2. The van der Waals surface area contributed by atoms with Crippen molar-refractivity contribution in [3.05, 3.63) is 29.6 Å². The van der Waals surface area contributed by atoms with E-state index < -0.39 is 0 Å². The molecule has 9 nitrogen and oxygen atoms in total. The lowest BCUT2D eigenvalue weighted by Crippen LogP contribution is -2.44. The largest absolute Gasteiger partial charge is 0.446 e. The van der Waals surface area contributed by atoms with E-state index in [0.29, 0.717) is 17.5 Å². The van der Waals surface area contributed by atoms with Crippen LogP contribution in [0.2, 0.25) is 0 Å². The molecule has 0 unspecified atom stereocenters. The molecule has 0 spiro atoms. The fourth-order valence-electron chi connectivity index (χ4n) is 3.29. The van der Waals surface area contributed by atoms with Gasteiger partial charge in [0.25, 0.3) is 0 Å². The average molecular weight is 403 g/mol. The van der Waals surface area contributed by atoms with Crippen LogP contribution in [0.1, 0.15) is 69.7 Å². The van der Waals surface area contributed by atoms with E-state index in [1.807, 2.05) is 26.8 Å². The van der Waals surface area contributed by atoms with Gasteiger partial charge >= 0.3 is 6.09 Å². The average Bonchev–Trinajstić information content (AvgIpc) is 3.36. The van der Waals surface area contributed by atoms with Crippen LogP contribution in [0.3, 0.4) is 0 Å². The van der Waals surface area contributed by atoms with Gasteiger partial charge in [-0.1, -0.05) is 6.92 Å². The topological polar surface area (TPSA) is 122 Å². The van der Waals surface area contributed by atoms with E-state index >= 15 is 0 Å². The summed E-state index contributed by atoms with van der Waals surface area (Å²) in [4.78, 5) is 28.2. The number of rotatable bonds is 7. The molecule has 0 bridgehead atoms. The van der Waals surface area contributed by atoms with Gasteiger partial charge in [0.15, 0.2) is 5.82 Å². The molecule has 3 rings (SSSR count). The monoisotopic (exact) mass is 403 g/mol. The van der Waals surface area contributed by atoms with E-state index in [0.717, 1.165) is 31.4 Å². The van der Waals surface area contributed by atoms with Crippen LogP contribution >= 0.6 is 0 Å². The highest BCUT2D eigenvalue weighted by atomic mass is 16.6. The minimum Gasteiger partial charge on any atom is -0.446 e. The third kappa shape index (κ3) is 5.82. The molecule has 1 aliphatic carbocycles. The van der Waals surface area contributed by atoms with Crippen LogP contribution in [0.25, 0.3) is 0 Å². The lowest BCUT2D eigenvalue weighted by molar-refractivity contribution is -0.115. The van der Waals surface area contributed by atoms with Crippen molar-refractivity contribution in [1.82, 2.24) is 20.5 Å². The molecular weight excluding hydrogens is 374 g/mol. The summed E-state index contributed by atoms with van der Waals surface area (Å²) in [6.45, 7) is 7.73. The second-order valence-corrected chi connectivity index (χ2v) is 8.20. The van der Waals surface area contributed by atoms with Crippen molar-refractivity contribution in [2.45, 2.75) is 77.4 Å². The normalized spacial score (nSPS) is 19.2. The molecule has 2 aromatic heterocycles. The Hall–Kier alpha value is -2.84. The quantitative estimate of drug-likeness (QED) is 0.651. The van der Waals surface area contributed by atoms with Crippen LogP contribution in [-0.2, 0) is 16.0 Å². The first-order valence-electron chi connectivity index (χ1n) is 9.99. The first kappa shape index (κ1) is 20.9. The molecule has 1 fully saturated rings. The highest BCUT2D eigenvalue weighted by Crippen LogP contribution is 2.35. The van der Waals surface area contributed by atoms with Gasteiger partial charge in [-0.05, 0) is 46.5 Å². The van der Waals surface area contributed by atoms with Gasteiger partial charge in [0.2, 0.25) is 11.8 Å². The van der Waals surface area contributed by atoms with Gasteiger partial charge in [0, 0.05) is 23.2 Å². The molecule has 158 valence electrons. The number of ether oxygens (including phenoxy) is 1. The Morgan fingerprint density at radius 3 is 2.86 bits per heavy atom. The van der Waals surface area contributed by atoms with Crippen LogP contribution in [0, 0.1) is 6.92 Å². The smallest absolute Gasteiger partial charge is 0.407 e. The summed E-state index contributed by atoms with van der Waals surface area (Å²) in [6.07, 6.45) is 4.38. The Morgan fingerprint density at radius 1 is 1.38 bits per heavy atom. The van der Waals surface area contributed by atoms with Crippen LogP contribution < -0.4 is 10.6 Å². The molecular formula is C20H29N5O4. The van der Waals surface area contributed by atoms with Crippen molar-refractivity contribution in [3.63, 3.8) is 0 Å². The Labute approximate surface area is 170 Å². The van der Waals surface area contributed by atoms with E-state index in [1.165, 1.54) is 0 Å². The maximum Gasteiger partial charge on any atom is 0.407 e. The molecule has 29 heavy (non-hydrogen) atoms. The highest BCUT2D eigenvalue weighted by molar-refractivity contribution is 5.90. The Bertz CT molecular complexity index is 857. The molecule has 3 N–H and O–H groups in total. The SMILES string of the molecule is CCC(C)(C)NC(=O)O[C@@H]1CC[C@H](c2cc(NC(=O)Cc3ncc(C)o3)n[nH]2)C1. The summed E-state index contributed by atoms with van der Waals surface area (Å²) < 4.78 is 10.9. The van der Waals surface area contributed by atoms with Gasteiger partial charge in [0.05, 0.1) is 6.20 Å². The number of H-pyrrole nitrogens is 1. The van der Waals surface area contributed by atoms with Gasteiger partial charge < -0.3 is 19.8 Å². The molecule has 9 heteroatoms. The predicted octanol–water partition coefficient (Wildman–Crippen LogP) is 3.44. The van der Waals surface area contributed by atoms with Crippen LogP contribution in [-0.4, -0.2) is 38.8 Å². The van der Waals surface area contributed by atoms with Crippen molar-refractivity contribution >= 4 is 17.8 Å². The molecule has 2 aromatic rings. The molecule has 1 aliphatic rings. The molecule has 1 saturated carbocycles. The number of oxazole rings is 1. The third-order valence-electron chi connectivity index (χ3n) is 5.27. The fourth-order valence-corrected chi connectivity index (χ4v) is 3.29. The third-order valence-corrected chi connectivity index (χ3v) is 5.27. The standard InChI is InChI=1S/C20H29N5O4/c1-5-20(3,4)23-19(27)29-14-7-6-13(8-14)15-9-16(25-24-15)22-17(26)10-18-21-11-12(2)28-18/h9,11,13-14H,5-8,10H2,1-4H3,(H,23,27)(H2,22,24,25,26)/t13-,14+/m0/s1. The van der Waals surface area contributed by atoms with Gasteiger partial charge in [-0.25, -0.2) is 9.78 Å². The van der Waals surface area contributed by atoms with E-state index in [9.17, 15) is 9.59 Å². The Kier molecular flexibility index (Phi) is 6.24. The summed E-state index contributed by atoms with van der Waals surface area (Å²) in [5, 5.41) is 12.8. The van der Waals surface area contributed by atoms with Gasteiger partial charge in [-0.2, -0.15) is 5.10 Å². The van der Waals surface area contributed by atoms with E-state index in [1.54, 1.807) is 13.1 Å². The summed E-state index contributed by atoms with van der Waals surface area (Å²) in [7, 11) is 0. The number of hydrogen-bond acceptors (Lipinski definition) is 6. The lowest BCUT2D eigenvalue weighted by Gasteiger charge is -2.25. The van der Waals surface area contributed by atoms with Crippen molar-refractivity contribution in [3.8, 4) is 0 Å². The van der Waals surface area contributed by atoms with Crippen molar-refractivity contribution in [2.75, 3.05) is 5.32 Å². The second kappa shape index (κ2) is 8.67. The number of aromatic amines is 1. The van der Waals surface area contributed by atoms with Gasteiger partial charge in [0.1, 0.15) is 18.3 Å². The zero-order chi connectivity index (χ0) is 21.0. The zero-order valence-electron chi connectivity index (χ0n) is 17.4. The molecule has 0 aliphatic heterocycles. The number of aromatic nitrogens is 3. The zero-order valence-corrected chi connectivity index (χ0v) is 17.4. The predicted molar refractivity (Wildman–Crippen MR) is 107 cm³/mol. The molecule has 0 aromatic carbocycles. The van der Waals surface area contributed by atoms with Gasteiger partial charge in [-0.15, -0.1) is 0 Å².